The van der Waals surface area contributed by atoms with Crippen molar-refractivity contribution in [2.75, 3.05) is 0 Å². The largest absolute Gasteiger partial charge is 0.269 e. The van der Waals surface area contributed by atoms with E-state index in [1.54, 1.807) is 31.2 Å². The Morgan fingerprint density at radius 2 is 0.472 bits per heavy atom. The Hall–Kier alpha value is -10.4. The Bertz CT molecular complexity index is 4940. The van der Waals surface area contributed by atoms with Crippen molar-refractivity contribution < 1.29 is 57.5 Å². The summed E-state index contributed by atoms with van der Waals surface area (Å²) in [6.45, 7) is 1.69. The van der Waals surface area contributed by atoms with Crippen LogP contribution in [-0.2, 0) is 0 Å². The molecule has 30 bridgehead atoms. The highest BCUT2D eigenvalue weighted by molar-refractivity contribution is 6.42. The van der Waals surface area contributed by atoms with Crippen LogP contribution < -0.4 is 0 Å². The van der Waals surface area contributed by atoms with Crippen LogP contribution in [0, 0.1) is 0 Å². The molecule has 0 spiro atoms. The van der Waals surface area contributed by atoms with Crippen molar-refractivity contribution in [3.8, 4) is 0 Å². The predicted molar refractivity (Wildman–Crippen MR) is 321 cm³/mol. The minimum absolute atomic E-state index is 0.0393. The zero-order chi connectivity index (χ0) is 60.4. The Balaban J connectivity index is 0.813. The number of carbonyl (C=O) groups excluding carboxylic acids is 12. The summed E-state index contributed by atoms with van der Waals surface area (Å²) in [6, 6.07) is 20.9. The lowest BCUT2D eigenvalue weighted by atomic mass is 9.73. The summed E-state index contributed by atoms with van der Waals surface area (Å²) >= 11 is 0. The van der Waals surface area contributed by atoms with E-state index in [4.69, 9.17) is 0 Å². The van der Waals surface area contributed by atoms with Crippen molar-refractivity contribution in [3.05, 3.63) is 164 Å². The van der Waals surface area contributed by atoms with Gasteiger partial charge < -0.3 is 0 Å². The van der Waals surface area contributed by atoms with E-state index in [0.717, 1.165) is 19.6 Å². The minimum atomic E-state index is -1.51. The highest BCUT2D eigenvalue weighted by Gasteiger charge is 2.57. The van der Waals surface area contributed by atoms with Gasteiger partial charge in [-0.25, -0.2) is 0 Å². The molecule has 34 heterocycles. The Kier molecular flexibility index (Phi) is 9.59. The first-order valence-electron chi connectivity index (χ1n) is 30.8. The third kappa shape index (κ3) is 5.85. The zero-order valence-electron chi connectivity index (χ0n) is 47.7. The average molecular weight is 1180 g/mol. The van der Waals surface area contributed by atoms with Gasteiger partial charge in [0.2, 0.25) is 0 Å². The van der Waals surface area contributed by atoms with E-state index in [-0.39, 0.29) is 127 Å². The lowest BCUT2D eigenvalue weighted by Crippen LogP contribution is -2.67. The molecule has 46 rings (SSSR count). The number of benzene rings is 9. The van der Waals surface area contributed by atoms with Gasteiger partial charge in [0, 0.05) is 99.1 Å². The monoisotopic (exact) mass is 1180 g/mol. The Morgan fingerprint density at radius 1 is 0.258 bits per heavy atom. The molecule has 6 atom stereocenters. The van der Waals surface area contributed by atoms with Crippen LogP contribution in [0.4, 0.5) is 0 Å². The third-order valence-electron chi connectivity index (χ3n) is 22.2. The standard InChI is InChI=1S/C71H48N6O12/c1-71-29-7-6-12-50(71)76-67(86)42-23-21-38-55-39(22-24-43(57(42)55)68(76)87)64(83)74(63(38)82)48-10-4-2-8-46(48)72-59(78)34-17-13-30-32-15-19-36-54-37(20-16-33(52(32)54)31-14-18-35(60(72)79)53(34)51(30)31)62(81)73(61(36)80)47-9-3-5-11-49(47)75-65(84)40-25-27-44-58-45(70(89)77(71)69(44)88)28-26-41(56(40)58)66(75)85/h13-28,46-50H,2-12,29H2,1H3/t46-,47-,48?,49-,50-,71?/m0/s1. The smallest absolute Gasteiger partial charge is 0.261 e. The average Bonchev–Trinajstić information content (AvgIpc) is 0.718. The molecule has 12 amide bonds. The number of hydrogen-bond acceptors (Lipinski definition) is 12. The van der Waals surface area contributed by atoms with Crippen LogP contribution >= 0.6 is 0 Å². The maximum absolute atomic E-state index is 15.4. The van der Waals surface area contributed by atoms with Gasteiger partial charge >= 0.3 is 0 Å². The number of rotatable bonds is 0. The van der Waals surface area contributed by atoms with Crippen molar-refractivity contribution in [2.45, 2.75) is 120 Å². The van der Waals surface area contributed by atoms with Crippen LogP contribution in [-0.4, -0.2) is 136 Å². The van der Waals surface area contributed by atoms with E-state index in [1.165, 1.54) is 58.3 Å². The molecule has 0 N–H and O–H groups in total. The van der Waals surface area contributed by atoms with Gasteiger partial charge in [0.1, 0.15) is 0 Å². The zero-order valence-corrected chi connectivity index (χ0v) is 47.7. The molecular weight excluding hydrogens is 1130 g/mol. The van der Waals surface area contributed by atoms with Gasteiger partial charge in [0.15, 0.2) is 0 Å². The Labute approximate surface area is 503 Å². The van der Waals surface area contributed by atoms with E-state index in [2.05, 4.69) is 0 Å². The normalized spacial score (nSPS) is 25.3. The molecule has 37 aliphatic rings. The maximum Gasteiger partial charge on any atom is 0.261 e. The van der Waals surface area contributed by atoms with Crippen molar-refractivity contribution in [3.63, 3.8) is 0 Å². The van der Waals surface area contributed by atoms with Crippen molar-refractivity contribution >= 4 is 136 Å². The van der Waals surface area contributed by atoms with Gasteiger partial charge in [-0.3, -0.25) is 86.9 Å². The highest BCUT2D eigenvalue weighted by atomic mass is 16.2. The molecular formula is C71H48N6O12. The molecule has 0 aromatic heterocycles. The van der Waals surface area contributed by atoms with Gasteiger partial charge in [-0.2, -0.15) is 0 Å². The summed E-state index contributed by atoms with van der Waals surface area (Å²) < 4.78 is 0. The SMILES string of the molecule is CC12CCCC[C@@H]1N1C(=O)c3ccc4c5c(ccc(c35)C1=O)C(=O)N(C4=O)C1CCCC[C@@H]1N1C(=O)c3ccc4c5ccc6c7c(ccc(c8ccc(c3c48)C1=O)c75)C(=O)N(C6=O)[C@H]1CCCC[C@@H]1N1C(=O)c3ccc4c5c(ccc(c35)C1=O)C(=O)N2C4=O. The van der Waals surface area contributed by atoms with E-state index >= 15 is 57.5 Å². The second-order valence-electron chi connectivity index (χ2n) is 26.1. The van der Waals surface area contributed by atoms with E-state index in [1.807, 2.05) is 24.3 Å². The number of imide groups is 6. The van der Waals surface area contributed by atoms with E-state index < -0.39 is 107 Å². The fraction of sp³-hybridized carbons (Fsp3) is 0.268. The molecule has 34 aliphatic heterocycles. The van der Waals surface area contributed by atoms with Crippen molar-refractivity contribution in [2.24, 2.45) is 0 Å². The summed E-state index contributed by atoms with van der Waals surface area (Å²) in [5.74, 6) is -8.17. The second-order valence-corrected chi connectivity index (χ2v) is 26.1. The topological polar surface area (TPSA) is 224 Å². The molecule has 18 nitrogen and oxygen atoms in total. The molecule has 2 unspecified atom stereocenters. The molecule has 3 fully saturated rings. The van der Waals surface area contributed by atoms with Crippen LogP contribution in [0.25, 0.3) is 64.6 Å². The molecule has 3 saturated carbocycles. The summed E-state index contributed by atoms with van der Waals surface area (Å²) in [7, 11) is 0. The molecule has 3 aliphatic carbocycles. The van der Waals surface area contributed by atoms with Gasteiger partial charge in [0.25, 0.3) is 70.9 Å². The maximum atomic E-state index is 15.4. The summed E-state index contributed by atoms with van der Waals surface area (Å²) in [5, 5.41) is 5.34. The highest BCUT2D eigenvalue weighted by Crippen LogP contribution is 2.51. The molecule has 0 radical (unpaired) electrons. The van der Waals surface area contributed by atoms with E-state index in [9.17, 15) is 0 Å². The summed E-state index contributed by atoms with van der Waals surface area (Å²) in [6.07, 6.45) is 4.91. The van der Waals surface area contributed by atoms with Gasteiger partial charge in [-0.05, 0) is 151 Å². The minimum Gasteiger partial charge on any atom is -0.269 e. The number of carbonyl (C=O) groups is 12. The number of amides is 12. The number of hydrogen-bond donors (Lipinski definition) is 0. The first-order valence-corrected chi connectivity index (χ1v) is 30.8. The van der Waals surface area contributed by atoms with Gasteiger partial charge in [-0.1, -0.05) is 62.8 Å². The van der Waals surface area contributed by atoms with E-state index in [0.29, 0.717) is 81.6 Å². The summed E-state index contributed by atoms with van der Waals surface area (Å²) in [4.78, 5) is 191. The van der Waals surface area contributed by atoms with Crippen LogP contribution in [0.1, 0.15) is 208 Å². The van der Waals surface area contributed by atoms with Crippen LogP contribution in [0.2, 0.25) is 0 Å². The fourth-order valence-electron chi connectivity index (χ4n) is 18.4. The first-order chi connectivity index (χ1) is 43.1. The molecule has 0 saturated heterocycles. The van der Waals surface area contributed by atoms with Crippen molar-refractivity contribution in [1.29, 1.82) is 0 Å². The van der Waals surface area contributed by atoms with Gasteiger partial charge in [-0.15, -0.1) is 0 Å². The lowest BCUT2D eigenvalue weighted by molar-refractivity contribution is -0.00301. The molecule has 18 heteroatoms. The third-order valence-corrected chi connectivity index (χ3v) is 22.2. The molecule has 9 aromatic rings. The predicted octanol–water partition coefficient (Wildman–Crippen LogP) is 10.4. The van der Waals surface area contributed by atoms with Crippen molar-refractivity contribution in [1.82, 2.24) is 29.4 Å². The molecule has 89 heavy (non-hydrogen) atoms. The quantitative estimate of drug-likeness (QED) is 0.0785. The van der Waals surface area contributed by atoms with Crippen LogP contribution in [0.3, 0.4) is 0 Å². The first kappa shape index (κ1) is 50.8. The second kappa shape index (κ2) is 16.8. The molecule has 434 valence electrons. The summed E-state index contributed by atoms with van der Waals surface area (Å²) in [5.41, 5.74) is -0.114. The lowest BCUT2D eigenvalue weighted by Gasteiger charge is -2.52. The van der Waals surface area contributed by atoms with Crippen LogP contribution in [0.15, 0.2) is 97.1 Å². The Morgan fingerprint density at radius 3 is 0.742 bits per heavy atom. The fourth-order valence-corrected chi connectivity index (χ4v) is 18.4. The van der Waals surface area contributed by atoms with Gasteiger partial charge in [0.05, 0.1) is 35.7 Å². The molecule has 9 aromatic carbocycles. The van der Waals surface area contributed by atoms with Crippen LogP contribution in [0.5, 0.6) is 0 Å². The number of nitrogens with zero attached hydrogens (tertiary/aromatic N) is 6.